The lowest BCUT2D eigenvalue weighted by Gasteiger charge is -2.15. The lowest BCUT2D eigenvalue weighted by Crippen LogP contribution is -2.26. The number of hydrogen-bond donors (Lipinski definition) is 0. The molecule has 0 atom stereocenters. The number of aromatic nitrogens is 4. The van der Waals surface area contributed by atoms with Crippen molar-refractivity contribution in [2.75, 3.05) is 7.05 Å². The van der Waals surface area contributed by atoms with Crippen molar-refractivity contribution in [3.05, 3.63) is 89.8 Å². The first-order valence-electron chi connectivity index (χ1n) is 9.29. The van der Waals surface area contributed by atoms with Crippen molar-refractivity contribution in [3.63, 3.8) is 0 Å². The molecule has 4 aromatic rings. The van der Waals surface area contributed by atoms with Crippen LogP contribution in [0.4, 0.5) is 0 Å². The van der Waals surface area contributed by atoms with Gasteiger partial charge in [0.15, 0.2) is 0 Å². The SMILES string of the molecule is Cc1ccccc1-c1noc(CN(C)C(=O)c2ccc(Cn3ccnc3)cc2)n1. The summed E-state index contributed by atoms with van der Waals surface area (Å²) in [5.74, 6) is 0.827. The van der Waals surface area contributed by atoms with E-state index in [0.29, 0.717) is 23.8 Å². The van der Waals surface area contributed by atoms with Gasteiger partial charge in [-0.15, -0.1) is 0 Å². The standard InChI is InChI=1S/C22H21N5O2/c1-16-5-3-4-6-19(16)21-24-20(29-25-21)14-26(2)22(28)18-9-7-17(8-10-18)13-27-12-11-23-15-27/h3-12,15H,13-14H2,1-2H3. The van der Waals surface area contributed by atoms with Crippen LogP contribution in [0, 0.1) is 6.92 Å². The Labute approximate surface area is 168 Å². The summed E-state index contributed by atoms with van der Waals surface area (Å²) in [6.07, 6.45) is 5.42. The number of hydrogen-bond acceptors (Lipinski definition) is 5. The van der Waals surface area contributed by atoms with Crippen molar-refractivity contribution in [2.24, 2.45) is 0 Å². The maximum Gasteiger partial charge on any atom is 0.254 e. The Morgan fingerprint density at radius 1 is 1.14 bits per heavy atom. The first-order valence-corrected chi connectivity index (χ1v) is 9.29. The zero-order valence-electron chi connectivity index (χ0n) is 16.3. The minimum Gasteiger partial charge on any atom is -0.337 e. The molecule has 1 amide bonds. The molecule has 0 saturated carbocycles. The minimum absolute atomic E-state index is 0.102. The van der Waals surface area contributed by atoms with E-state index in [-0.39, 0.29) is 12.5 Å². The molecule has 0 fully saturated rings. The summed E-state index contributed by atoms with van der Waals surface area (Å²) < 4.78 is 7.32. The fraction of sp³-hybridized carbons (Fsp3) is 0.182. The monoisotopic (exact) mass is 387 g/mol. The van der Waals surface area contributed by atoms with E-state index in [9.17, 15) is 4.79 Å². The maximum absolute atomic E-state index is 12.7. The number of nitrogens with zero attached hydrogens (tertiary/aromatic N) is 5. The van der Waals surface area contributed by atoms with Gasteiger partial charge in [0, 0.05) is 37.1 Å². The minimum atomic E-state index is -0.102. The van der Waals surface area contributed by atoms with Crippen LogP contribution >= 0.6 is 0 Å². The topological polar surface area (TPSA) is 77.0 Å². The molecule has 7 heteroatoms. The van der Waals surface area contributed by atoms with Gasteiger partial charge >= 0.3 is 0 Å². The van der Waals surface area contributed by atoms with Gasteiger partial charge in [-0.2, -0.15) is 4.98 Å². The molecule has 0 radical (unpaired) electrons. The van der Waals surface area contributed by atoms with Gasteiger partial charge < -0.3 is 14.0 Å². The number of aryl methyl sites for hydroxylation is 1. The zero-order chi connectivity index (χ0) is 20.2. The van der Waals surface area contributed by atoms with Gasteiger partial charge in [0.25, 0.3) is 5.91 Å². The lowest BCUT2D eigenvalue weighted by molar-refractivity contribution is 0.0769. The third-order valence-corrected chi connectivity index (χ3v) is 4.70. The fourth-order valence-corrected chi connectivity index (χ4v) is 3.09. The Bertz CT molecular complexity index is 1100. The molecule has 2 aromatic heterocycles. The van der Waals surface area contributed by atoms with Crippen LogP contribution in [0.25, 0.3) is 11.4 Å². The molecule has 0 N–H and O–H groups in total. The highest BCUT2D eigenvalue weighted by Crippen LogP contribution is 2.20. The van der Waals surface area contributed by atoms with Gasteiger partial charge in [-0.05, 0) is 30.2 Å². The molecule has 0 spiro atoms. The van der Waals surface area contributed by atoms with Crippen LogP contribution in [0.5, 0.6) is 0 Å². The summed E-state index contributed by atoms with van der Waals surface area (Å²) in [4.78, 5) is 22.8. The van der Waals surface area contributed by atoms with Crippen molar-refractivity contribution in [2.45, 2.75) is 20.0 Å². The zero-order valence-corrected chi connectivity index (χ0v) is 16.3. The predicted octanol–water partition coefficient (Wildman–Crippen LogP) is 3.56. The fourth-order valence-electron chi connectivity index (χ4n) is 3.09. The largest absolute Gasteiger partial charge is 0.337 e. The van der Waals surface area contributed by atoms with Crippen molar-refractivity contribution in [1.29, 1.82) is 0 Å². The smallest absolute Gasteiger partial charge is 0.254 e. The van der Waals surface area contributed by atoms with Gasteiger partial charge in [0.2, 0.25) is 11.7 Å². The van der Waals surface area contributed by atoms with Crippen LogP contribution in [0.15, 0.2) is 71.8 Å². The van der Waals surface area contributed by atoms with Crippen molar-refractivity contribution >= 4 is 5.91 Å². The number of benzene rings is 2. The number of rotatable bonds is 6. The molecule has 29 heavy (non-hydrogen) atoms. The molecule has 7 nitrogen and oxygen atoms in total. The van der Waals surface area contributed by atoms with Crippen molar-refractivity contribution in [3.8, 4) is 11.4 Å². The molecule has 2 aromatic carbocycles. The number of imidazole rings is 1. The Morgan fingerprint density at radius 2 is 1.93 bits per heavy atom. The molecular formula is C22H21N5O2. The Hall–Kier alpha value is -3.74. The molecule has 0 aliphatic heterocycles. The highest BCUT2D eigenvalue weighted by molar-refractivity contribution is 5.94. The highest BCUT2D eigenvalue weighted by atomic mass is 16.5. The summed E-state index contributed by atoms with van der Waals surface area (Å²) >= 11 is 0. The van der Waals surface area contributed by atoms with Gasteiger partial charge in [-0.3, -0.25) is 4.79 Å². The Morgan fingerprint density at radius 3 is 2.66 bits per heavy atom. The van der Waals surface area contributed by atoms with Crippen LogP contribution in [0.2, 0.25) is 0 Å². The Kier molecular flexibility index (Phi) is 5.20. The predicted molar refractivity (Wildman–Crippen MR) is 108 cm³/mol. The van der Waals surface area contributed by atoms with E-state index in [1.807, 2.05) is 66.2 Å². The first-order chi connectivity index (χ1) is 14.1. The van der Waals surface area contributed by atoms with E-state index >= 15 is 0 Å². The molecule has 2 heterocycles. The van der Waals surface area contributed by atoms with E-state index in [0.717, 1.165) is 16.7 Å². The molecule has 0 bridgehead atoms. The Balaban J connectivity index is 1.41. The lowest BCUT2D eigenvalue weighted by atomic mass is 10.1. The van der Waals surface area contributed by atoms with E-state index in [2.05, 4.69) is 15.1 Å². The molecule has 146 valence electrons. The number of carbonyl (C=O) groups is 1. The van der Waals surface area contributed by atoms with Gasteiger partial charge in [-0.1, -0.05) is 41.6 Å². The normalized spacial score (nSPS) is 10.8. The van der Waals surface area contributed by atoms with E-state index < -0.39 is 0 Å². The summed E-state index contributed by atoms with van der Waals surface area (Å²) in [6.45, 7) is 2.96. The number of amides is 1. The average Bonchev–Trinajstić information content (AvgIpc) is 3.40. The second-order valence-electron chi connectivity index (χ2n) is 6.92. The van der Waals surface area contributed by atoms with E-state index in [4.69, 9.17) is 4.52 Å². The second kappa shape index (κ2) is 8.10. The summed E-state index contributed by atoms with van der Waals surface area (Å²) in [6, 6.07) is 15.4. The van der Waals surface area contributed by atoms with Crippen LogP contribution in [-0.4, -0.2) is 37.5 Å². The summed E-state index contributed by atoms with van der Waals surface area (Å²) in [5.41, 5.74) is 3.70. The van der Waals surface area contributed by atoms with Gasteiger partial charge in [0.05, 0.1) is 12.9 Å². The van der Waals surface area contributed by atoms with Crippen LogP contribution < -0.4 is 0 Å². The van der Waals surface area contributed by atoms with Gasteiger partial charge in [0.1, 0.15) is 0 Å². The van der Waals surface area contributed by atoms with Crippen molar-refractivity contribution in [1.82, 2.24) is 24.6 Å². The van der Waals surface area contributed by atoms with Crippen LogP contribution in [0.3, 0.4) is 0 Å². The average molecular weight is 387 g/mol. The third-order valence-electron chi connectivity index (χ3n) is 4.70. The quantitative estimate of drug-likeness (QED) is 0.506. The molecule has 0 saturated heterocycles. The molecule has 4 rings (SSSR count). The number of carbonyl (C=O) groups excluding carboxylic acids is 1. The first kappa shape index (κ1) is 18.6. The molecule has 0 aliphatic carbocycles. The molecule has 0 aliphatic rings. The van der Waals surface area contributed by atoms with Gasteiger partial charge in [-0.25, -0.2) is 4.98 Å². The third kappa shape index (κ3) is 4.24. The van der Waals surface area contributed by atoms with E-state index in [1.165, 1.54) is 0 Å². The van der Waals surface area contributed by atoms with Crippen LogP contribution in [-0.2, 0) is 13.1 Å². The summed E-state index contributed by atoms with van der Waals surface area (Å²) in [7, 11) is 1.72. The van der Waals surface area contributed by atoms with Crippen molar-refractivity contribution < 1.29 is 9.32 Å². The maximum atomic E-state index is 12.7. The highest BCUT2D eigenvalue weighted by Gasteiger charge is 2.17. The van der Waals surface area contributed by atoms with Crippen LogP contribution in [0.1, 0.15) is 27.4 Å². The summed E-state index contributed by atoms with van der Waals surface area (Å²) in [5, 5.41) is 4.05. The second-order valence-corrected chi connectivity index (χ2v) is 6.92. The molecular weight excluding hydrogens is 366 g/mol. The van der Waals surface area contributed by atoms with E-state index in [1.54, 1.807) is 24.5 Å². The molecule has 0 unspecified atom stereocenters.